The van der Waals surface area contributed by atoms with E-state index in [0.717, 1.165) is 40.7 Å². The summed E-state index contributed by atoms with van der Waals surface area (Å²) in [6.07, 6.45) is 9.20. The highest BCUT2D eigenvalue weighted by atomic mass is 16.5. The van der Waals surface area contributed by atoms with Gasteiger partial charge in [-0.25, -0.2) is 4.79 Å². The van der Waals surface area contributed by atoms with Crippen molar-refractivity contribution in [1.82, 2.24) is 0 Å². The van der Waals surface area contributed by atoms with Crippen molar-refractivity contribution in [1.29, 1.82) is 0 Å². The number of carbonyl (C=O) groups excluding carboxylic acids is 1. The third-order valence-corrected chi connectivity index (χ3v) is 4.48. The van der Waals surface area contributed by atoms with Gasteiger partial charge in [0.1, 0.15) is 11.5 Å². The summed E-state index contributed by atoms with van der Waals surface area (Å²) >= 11 is 0. The fraction of sp³-hybridized carbons (Fsp3) is 0.261. The van der Waals surface area contributed by atoms with E-state index in [1.165, 1.54) is 11.6 Å². The van der Waals surface area contributed by atoms with E-state index in [4.69, 9.17) is 9.47 Å². The van der Waals surface area contributed by atoms with Crippen LogP contribution in [0.2, 0.25) is 0 Å². The van der Waals surface area contributed by atoms with Crippen molar-refractivity contribution < 1.29 is 14.3 Å². The first-order valence-corrected chi connectivity index (χ1v) is 8.89. The Morgan fingerprint density at radius 2 is 1.85 bits per heavy atom. The summed E-state index contributed by atoms with van der Waals surface area (Å²) in [6.45, 7) is 4.22. The summed E-state index contributed by atoms with van der Waals surface area (Å²) in [5.41, 5.74) is 2.29. The van der Waals surface area contributed by atoms with Gasteiger partial charge in [-0.2, -0.15) is 0 Å². The van der Waals surface area contributed by atoms with E-state index < -0.39 is 0 Å². The van der Waals surface area contributed by atoms with Gasteiger partial charge in [0, 0.05) is 12.5 Å². The molecule has 1 aliphatic carbocycles. The largest absolute Gasteiger partial charge is 0.497 e. The first-order chi connectivity index (χ1) is 12.5. The molecule has 0 saturated heterocycles. The van der Waals surface area contributed by atoms with E-state index in [1.807, 2.05) is 42.5 Å². The van der Waals surface area contributed by atoms with E-state index in [1.54, 1.807) is 13.2 Å². The quantitative estimate of drug-likeness (QED) is 0.406. The molecule has 0 heterocycles. The van der Waals surface area contributed by atoms with Crippen molar-refractivity contribution in [3.05, 3.63) is 71.5 Å². The molecule has 0 radical (unpaired) electrons. The molecule has 134 valence electrons. The second kappa shape index (κ2) is 8.05. The lowest BCUT2D eigenvalue weighted by atomic mass is 10.1. The van der Waals surface area contributed by atoms with E-state index in [0.29, 0.717) is 5.92 Å². The van der Waals surface area contributed by atoms with Crippen LogP contribution in [0.1, 0.15) is 32.3 Å². The molecule has 0 N–H and O–H groups in total. The summed E-state index contributed by atoms with van der Waals surface area (Å²) in [5.74, 6) is 1.55. The molecule has 0 saturated carbocycles. The van der Waals surface area contributed by atoms with Gasteiger partial charge < -0.3 is 9.47 Å². The van der Waals surface area contributed by atoms with Crippen molar-refractivity contribution in [3.63, 3.8) is 0 Å². The number of fused-ring (bicyclic) bond motifs is 1. The Hall–Kier alpha value is -2.81. The van der Waals surface area contributed by atoms with Gasteiger partial charge in [0.2, 0.25) is 0 Å². The Morgan fingerprint density at radius 3 is 2.65 bits per heavy atom. The fourth-order valence-electron chi connectivity index (χ4n) is 3.16. The first kappa shape index (κ1) is 18.0. The number of methoxy groups -OCH3 is 1. The molecule has 0 bridgehead atoms. The molecule has 3 nitrogen and oxygen atoms in total. The molecule has 26 heavy (non-hydrogen) atoms. The van der Waals surface area contributed by atoms with Gasteiger partial charge in [-0.1, -0.05) is 36.8 Å². The highest BCUT2D eigenvalue weighted by Crippen LogP contribution is 2.23. The Balaban J connectivity index is 1.67. The molecule has 1 atom stereocenters. The molecule has 0 spiro atoms. The van der Waals surface area contributed by atoms with Crippen LogP contribution in [0.5, 0.6) is 5.75 Å². The molecule has 1 unspecified atom stereocenters. The third kappa shape index (κ3) is 4.63. The zero-order valence-electron chi connectivity index (χ0n) is 15.5. The summed E-state index contributed by atoms with van der Waals surface area (Å²) in [6, 6.07) is 12.0. The first-order valence-electron chi connectivity index (χ1n) is 8.89. The molecule has 1 aliphatic rings. The number of ether oxygens (including phenoxy) is 2. The number of hydrogen-bond donors (Lipinski definition) is 0. The molecule has 3 rings (SSSR count). The number of carbonyl (C=O) groups is 1. The van der Waals surface area contributed by atoms with Gasteiger partial charge in [-0.15, -0.1) is 0 Å². The number of hydrogen-bond acceptors (Lipinski definition) is 3. The predicted octanol–water partition coefficient (Wildman–Crippen LogP) is 5.66. The zero-order valence-corrected chi connectivity index (χ0v) is 15.5. The van der Waals surface area contributed by atoms with E-state index in [2.05, 4.69) is 19.9 Å². The van der Waals surface area contributed by atoms with Gasteiger partial charge in [0.05, 0.1) is 7.11 Å². The molecule has 0 amide bonds. The zero-order chi connectivity index (χ0) is 18.5. The van der Waals surface area contributed by atoms with Crippen molar-refractivity contribution in [2.24, 2.45) is 5.92 Å². The molecule has 2 aromatic carbocycles. The van der Waals surface area contributed by atoms with E-state index in [9.17, 15) is 4.79 Å². The molecular weight excluding hydrogens is 324 g/mol. The van der Waals surface area contributed by atoms with Crippen LogP contribution >= 0.6 is 0 Å². The van der Waals surface area contributed by atoms with Crippen LogP contribution in [0.3, 0.4) is 0 Å². The lowest BCUT2D eigenvalue weighted by Gasteiger charge is -2.06. The monoisotopic (exact) mass is 348 g/mol. The van der Waals surface area contributed by atoms with Gasteiger partial charge in [-0.3, -0.25) is 0 Å². The van der Waals surface area contributed by atoms with E-state index >= 15 is 0 Å². The molecule has 3 heteroatoms. The average molecular weight is 348 g/mol. The summed E-state index contributed by atoms with van der Waals surface area (Å²) in [4.78, 5) is 12.1. The summed E-state index contributed by atoms with van der Waals surface area (Å²) in [5, 5.41) is 2.20. The Labute approximate surface area is 154 Å². The Bertz CT molecular complexity index is 903. The lowest BCUT2D eigenvalue weighted by Crippen LogP contribution is -2.01. The van der Waals surface area contributed by atoms with Gasteiger partial charge in [0.15, 0.2) is 0 Å². The second-order valence-electron chi connectivity index (χ2n) is 6.73. The fourth-order valence-corrected chi connectivity index (χ4v) is 3.16. The molecule has 0 aliphatic heterocycles. The minimum absolute atomic E-state index is 0.293. The van der Waals surface area contributed by atoms with Crippen LogP contribution in [-0.2, 0) is 9.53 Å². The van der Waals surface area contributed by atoms with Crippen LogP contribution < -0.4 is 4.74 Å². The number of rotatable bonds is 4. The Kier molecular flexibility index (Phi) is 5.57. The number of esters is 1. The highest BCUT2D eigenvalue weighted by Gasteiger charge is 2.10. The van der Waals surface area contributed by atoms with Crippen molar-refractivity contribution in [3.8, 4) is 5.75 Å². The van der Waals surface area contributed by atoms with E-state index in [-0.39, 0.29) is 5.97 Å². The van der Waals surface area contributed by atoms with Crippen molar-refractivity contribution >= 4 is 22.8 Å². The normalized spacial score (nSPS) is 17.6. The minimum Gasteiger partial charge on any atom is -0.497 e. The third-order valence-electron chi connectivity index (χ3n) is 4.48. The number of benzene rings is 2. The van der Waals surface area contributed by atoms with Crippen LogP contribution in [0.25, 0.3) is 16.8 Å². The smallest absolute Gasteiger partial charge is 0.335 e. The second-order valence-corrected chi connectivity index (χ2v) is 6.73. The van der Waals surface area contributed by atoms with Crippen LogP contribution in [-0.4, -0.2) is 13.1 Å². The van der Waals surface area contributed by atoms with Crippen molar-refractivity contribution in [2.45, 2.75) is 26.7 Å². The summed E-state index contributed by atoms with van der Waals surface area (Å²) in [7, 11) is 1.66. The average Bonchev–Trinajstić information content (AvgIpc) is 2.79. The van der Waals surface area contributed by atoms with Crippen LogP contribution in [0, 0.1) is 5.92 Å². The molecule has 0 fully saturated rings. The maximum absolute atomic E-state index is 12.1. The van der Waals surface area contributed by atoms with Crippen molar-refractivity contribution in [2.75, 3.05) is 7.11 Å². The maximum Gasteiger partial charge on any atom is 0.335 e. The topological polar surface area (TPSA) is 35.5 Å². The van der Waals surface area contributed by atoms with Gasteiger partial charge in [0.25, 0.3) is 0 Å². The maximum atomic E-state index is 12.1. The number of allylic oxidation sites excluding steroid dienone is 4. The SMILES string of the molecule is COc1ccc2cc(/C=C/C(=O)OC3=CC(C)C=C(C)CC3)ccc2c1. The molecular formula is C23H24O3. The predicted molar refractivity (Wildman–Crippen MR) is 106 cm³/mol. The Morgan fingerprint density at radius 1 is 1.08 bits per heavy atom. The molecule has 2 aromatic rings. The van der Waals surface area contributed by atoms with Gasteiger partial charge >= 0.3 is 5.97 Å². The van der Waals surface area contributed by atoms with Crippen LogP contribution in [0.4, 0.5) is 0 Å². The highest BCUT2D eigenvalue weighted by molar-refractivity contribution is 5.90. The van der Waals surface area contributed by atoms with Crippen LogP contribution in [0.15, 0.2) is 66.0 Å². The molecule has 0 aromatic heterocycles. The standard InChI is InChI=1S/C23H24O3/c1-16-4-9-22(13-17(2)12-16)26-23(24)11-6-18-5-7-20-15-21(25-3)10-8-19(20)14-18/h5-8,10-15,17H,4,9H2,1-3H3/b11-6+. The minimum atomic E-state index is -0.335. The van der Waals surface area contributed by atoms with Gasteiger partial charge in [-0.05, 0) is 65.9 Å². The summed E-state index contributed by atoms with van der Waals surface area (Å²) < 4.78 is 10.8. The lowest BCUT2D eigenvalue weighted by molar-refractivity contribution is -0.133.